The van der Waals surface area contributed by atoms with Crippen LogP contribution in [0.25, 0.3) is 0 Å². The first-order chi connectivity index (χ1) is 7.36. The monoisotopic (exact) mass is 207 g/mol. The summed E-state index contributed by atoms with van der Waals surface area (Å²) < 4.78 is 5.69. The van der Waals surface area contributed by atoms with Crippen molar-refractivity contribution < 1.29 is 4.74 Å². The Morgan fingerprint density at radius 1 is 1.27 bits per heavy atom. The molecule has 2 heteroatoms. The predicted octanol–water partition coefficient (Wildman–Crippen LogP) is 2.84. The van der Waals surface area contributed by atoms with Crippen molar-refractivity contribution in [3.63, 3.8) is 0 Å². The Morgan fingerprint density at radius 3 is 2.60 bits per heavy atom. The van der Waals surface area contributed by atoms with E-state index in [2.05, 4.69) is 12.2 Å². The van der Waals surface area contributed by atoms with Gasteiger partial charge in [-0.1, -0.05) is 38.0 Å². The summed E-state index contributed by atoms with van der Waals surface area (Å²) in [6.45, 7) is 2.96. The maximum Gasteiger partial charge on any atom is 0.119 e. The lowest BCUT2D eigenvalue weighted by Gasteiger charge is -2.16. The van der Waals surface area contributed by atoms with Gasteiger partial charge in [-0.25, -0.2) is 0 Å². The van der Waals surface area contributed by atoms with Crippen LogP contribution in [-0.2, 0) is 0 Å². The van der Waals surface area contributed by atoms with Gasteiger partial charge in [0.15, 0.2) is 0 Å². The summed E-state index contributed by atoms with van der Waals surface area (Å²) in [7, 11) is 1.99. The summed E-state index contributed by atoms with van der Waals surface area (Å²) in [5.74, 6) is 0.953. The summed E-state index contributed by atoms with van der Waals surface area (Å²) in [6, 6.07) is 10.4. The average molecular weight is 207 g/mol. The van der Waals surface area contributed by atoms with Crippen LogP contribution in [0.4, 0.5) is 0 Å². The largest absolute Gasteiger partial charge is 0.492 e. The molecule has 0 bridgehead atoms. The Bertz CT molecular complexity index is 248. The highest BCUT2D eigenvalue weighted by Crippen LogP contribution is 2.09. The normalized spacial score (nSPS) is 12.4. The van der Waals surface area contributed by atoms with Gasteiger partial charge in [0.25, 0.3) is 0 Å². The zero-order valence-electron chi connectivity index (χ0n) is 9.70. The van der Waals surface area contributed by atoms with E-state index in [-0.39, 0.29) is 0 Å². The number of hydrogen-bond acceptors (Lipinski definition) is 2. The molecule has 0 aliphatic carbocycles. The molecule has 1 atom stereocenters. The van der Waals surface area contributed by atoms with Gasteiger partial charge in [-0.3, -0.25) is 0 Å². The first kappa shape index (κ1) is 12.1. The maximum atomic E-state index is 5.69. The molecule has 1 unspecified atom stereocenters. The molecule has 0 saturated carbocycles. The van der Waals surface area contributed by atoms with Crippen molar-refractivity contribution in [2.24, 2.45) is 0 Å². The lowest BCUT2D eigenvalue weighted by atomic mass is 10.1. The van der Waals surface area contributed by atoms with Gasteiger partial charge in [-0.05, 0) is 25.6 Å². The van der Waals surface area contributed by atoms with Crippen LogP contribution in [0.2, 0.25) is 0 Å². The molecule has 0 spiro atoms. The van der Waals surface area contributed by atoms with Gasteiger partial charge in [-0.2, -0.15) is 0 Å². The van der Waals surface area contributed by atoms with E-state index >= 15 is 0 Å². The van der Waals surface area contributed by atoms with E-state index in [0.29, 0.717) is 6.04 Å². The predicted molar refractivity (Wildman–Crippen MR) is 64.3 cm³/mol. The maximum absolute atomic E-state index is 5.69. The lowest BCUT2D eigenvalue weighted by Crippen LogP contribution is -2.31. The van der Waals surface area contributed by atoms with E-state index in [1.165, 1.54) is 19.3 Å². The summed E-state index contributed by atoms with van der Waals surface area (Å²) >= 11 is 0. The molecular formula is C13H21NO. The minimum Gasteiger partial charge on any atom is -0.492 e. The Balaban J connectivity index is 2.28. The molecule has 0 radical (unpaired) electrons. The average Bonchev–Trinajstić information content (AvgIpc) is 2.31. The fourth-order valence-electron chi connectivity index (χ4n) is 1.48. The van der Waals surface area contributed by atoms with Crippen LogP contribution in [0.1, 0.15) is 26.2 Å². The van der Waals surface area contributed by atoms with Crippen LogP contribution >= 0.6 is 0 Å². The van der Waals surface area contributed by atoms with Crippen LogP contribution in [0.15, 0.2) is 30.3 Å². The number of likely N-dealkylation sites (N-methyl/N-ethyl adjacent to an activating group) is 1. The summed E-state index contributed by atoms with van der Waals surface area (Å²) in [5.41, 5.74) is 0. The van der Waals surface area contributed by atoms with Gasteiger partial charge in [0, 0.05) is 6.04 Å². The van der Waals surface area contributed by atoms with Crippen molar-refractivity contribution in [1.29, 1.82) is 0 Å². The summed E-state index contributed by atoms with van der Waals surface area (Å²) in [5, 5.41) is 3.28. The van der Waals surface area contributed by atoms with Crippen molar-refractivity contribution in [3.8, 4) is 5.75 Å². The van der Waals surface area contributed by atoms with Gasteiger partial charge >= 0.3 is 0 Å². The van der Waals surface area contributed by atoms with Crippen molar-refractivity contribution in [2.45, 2.75) is 32.2 Å². The number of benzene rings is 1. The quantitative estimate of drug-likeness (QED) is 0.742. The molecular weight excluding hydrogens is 186 g/mol. The molecule has 1 N–H and O–H groups in total. The molecule has 0 amide bonds. The van der Waals surface area contributed by atoms with Gasteiger partial charge in [0.2, 0.25) is 0 Å². The number of ether oxygens (including phenoxy) is 1. The van der Waals surface area contributed by atoms with Crippen LogP contribution in [0.5, 0.6) is 5.75 Å². The van der Waals surface area contributed by atoms with Gasteiger partial charge in [0.05, 0.1) is 0 Å². The summed E-state index contributed by atoms with van der Waals surface area (Å²) in [4.78, 5) is 0. The second-order valence-corrected chi connectivity index (χ2v) is 3.75. The highest BCUT2D eigenvalue weighted by molar-refractivity contribution is 5.20. The van der Waals surface area contributed by atoms with E-state index in [1.54, 1.807) is 0 Å². The third kappa shape index (κ3) is 4.84. The zero-order valence-corrected chi connectivity index (χ0v) is 9.70. The third-order valence-electron chi connectivity index (χ3n) is 2.51. The van der Waals surface area contributed by atoms with Crippen molar-refractivity contribution >= 4 is 0 Å². The number of nitrogens with one attached hydrogen (secondary N) is 1. The highest BCUT2D eigenvalue weighted by Gasteiger charge is 2.05. The molecule has 0 heterocycles. The SMILES string of the molecule is CCCCC(COc1ccccc1)NC. The first-order valence-electron chi connectivity index (χ1n) is 5.72. The van der Waals surface area contributed by atoms with E-state index in [4.69, 9.17) is 4.74 Å². The smallest absolute Gasteiger partial charge is 0.119 e. The minimum absolute atomic E-state index is 0.463. The molecule has 1 aromatic carbocycles. The third-order valence-corrected chi connectivity index (χ3v) is 2.51. The van der Waals surface area contributed by atoms with Crippen LogP contribution < -0.4 is 10.1 Å². The van der Waals surface area contributed by atoms with Crippen molar-refractivity contribution in [3.05, 3.63) is 30.3 Å². The van der Waals surface area contributed by atoms with Crippen LogP contribution in [-0.4, -0.2) is 19.7 Å². The molecule has 0 fully saturated rings. The fraction of sp³-hybridized carbons (Fsp3) is 0.538. The van der Waals surface area contributed by atoms with Gasteiger partial charge in [0.1, 0.15) is 12.4 Å². The number of hydrogen-bond donors (Lipinski definition) is 1. The molecule has 0 aliphatic rings. The Kier molecular flexibility index (Phi) is 5.86. The Hall–Kier alpha value is -1.02. The standard InChI is InChI=1S/C13H21NO/c1-3-4-8-12(14-2)11-15-13-9-6-5-7-10-13/h5-7,9-10,12,14H,3-4,8,11H2,1-2H3. The van der Waals surface area contributed by atoms with Crippen molar-refractivity contribution in [2.75, 3.05) is 13.7 Å². The number of para-hydroxylation sites is 1. The van der Waals surface area contributed by atoms with E-state index in [0.717, 1.165) is 12.4 Å². The molecule has 2 nitrogen and oxygen atoms in total. The zero-order chi connectivity index (χ0) is 10.9. The van der Waals surface area contributed by atoms with Crippen LogP contribution in [0.3, 0.4) is 0 Å². The first-order valence-corrected chi connectivity index (χ1v) is 5.72. The number of unbranched alkanes of at least 4 members (excludes halogenated alkanes) is 1. The van der Waals surface area contributed by atoms with Gasteiger partial charge < -0.3 is 10.1 Å². The summed E-state index contributed by atoms with van der Waals surface area (Å²) in [6.07, 6.45) is 3.67. The molecule has 0 aromatic heterocycles. The molecule has 1 rings (SSSR count). The van der Waals surface area contributed by atoms with Crippen molar-refractivity contribution in [1.82, 2.24) is 5.32 Å². The molecule has 0 saturated heterocycles. The van der Waals surface area contributed by atoms with Gasteiger partial charge in [-0.15, -0.1) is 0 Å². The fourth-order valence-corrected chi connectivity index (χ4v) is 1.48. The lowest BCUT2D eigenvalue weighted by molar-refractivity contribution is 0.261. The molecule has 1 aromatic rings. The molecule has 0 aliphatic heterocycles. The topological polar surface area (TPSA) is 21.3 Å². The van der Waals surface area contributed by atoms with E-state index in [1.807, 2.05) is 37.4 Å². The molecule has 15 heavy (non-hydrogen) atoms. The molecule has 84 valence electrons. The second-order valence-electron chi connectivity index (χ2n) is 3.75. The Labute approximate surface area is 92.6 Å². The second kappa shape index (κ2) is 7.30. The van der Waals surface area contributed by atoms with Crippen LogP contribution in [0, 0.1) is 0 Å². The van der Waals surface area contributed by atoms with E-state index < -0.39 is 0 Å². The Morgan fingerprint density at radius 2 is 2.00 bits per heavy atom. The highest BCUT2D eigenvalue weighted by atomic mass is 16.5. The number of rotatable bonds is 7. The van der Waals surface area contributed by atoms with E-state index in [9.17, 15) is 0 Å². The minimum atomic E-state index is 0.463.